The van der Waals surface area contributed by atoms with Crippen molar-refractivity contribution in [3.8, 4) is 28.4 Å². The van der Waals surface area contributed by atoms with E-state index in [4.69, 9.17) is 31.8 Å². The van der Waals surface area contributed by atoms with Gasteiger partial charge in [0.25, 0.3) is 5.91 Å². The van der Waals surface area contributed by atoms with Gasteiger partial charge >= 0.3 is 12.5 Å². The van der Waals surface area contributed by atoms with Crippen LogP contribution in [0.4, 0.5) is 8.78 Å². The van der Waals surface area contributed by atoms with Crippen LogP contribution in [0.25, 0.3) is 22.5 Å². The van der Waals surface area contributed by atoms with Crippen molar-refractivity contribution in [2.45, 2.75) is 64.6 Å². The maximum atomic E-state index is 14.9. The number of nitrogens with two attached hydrogens (primary N) is 1. The minimum Gasteiger partial charge on any atom is -0.481 e. The van der Waals surface area contributed by atoms with E-state index in [2.05, 4.69) is 15.1 Å². The molecule has 4 aromatic rings. The van der Waals surface area contributed by atoms with Crippen molar-refractivity contribution in [1.82, 2.24) is 24.6 Å². The molecular formula is C36H38ClF2N7O4. The zero-order chi connectivity index (χ0) is 35.8. The third kappa shape index (κ3) is 7.32. The van der Waals surface area contributed by atoms with Crippen molar-refractivity contribution in [2.75, 3.05) is 13.7 Å². The first kappa shape index (κ1) is 34.9. The molecule has 6 rings (SSSR count). The maximum absolute atomic E-state index is 14.9. The highest BCUT2D eigenvalue weighted by Crippen LogP contribution is 2.45. The van der Waals surface area contributed by atoms with Crippen LogP contribution in [0.15, 0.2) is 72.1 Å². The fourth-order valence-electron chi connectivity index (χ4n) is 6.22. The fourth-order valence-corrected chi connectivity index (χ4v) is 6.42. The van der Waals surface area contributed by atoms with Gasteiger partial charge in [-0.3, -0.25) is 14.5 Å². The number of nitrogens with zero attached hydrogens (tertiary/aromatic N) is 6. The molecule has 2 atom stereocenters. The van der Waals surface area contributed by atoms with Gasteiger partial charge in [0.15, 0.2) is 17.3 Å². The van der Waals surface area contributed by atoms with Crippen LogP contribution in [0.2, 0.25) is 5.02 Å². The first-order valence-corrected chi connectivity index (χ1v) is 16.6. The van der Waals surface area contributed by atoms with E-state index in [9.17, 15) is 18.4 Å². The van der Waals surface area contributed by atoms with E-state index < -0.39 is 29.5 Å². The lowest BCUT2D eigenvalue weighted by atomic mass is 9.75. The average Bonchev–Trinajstić information content (AvgIpc) is 3.68. The molecule has 0 spiro atoms. The summed E-state index contributed by atoms with van der Waals surface area (Å²) in [4.78, 5) is 42.8. The summed E-state index contributed by atoms with van der Waals surface area (Å²) in [6.45, 7) is 3.05. The molecule has 14 heteroatoms. The van der Waals surface area contributed by atoms with Crippen molar-refractivity contribution >= 4 is 29.4 Å². The molecule has 0 unspecified atom stereocenters. The van der Waals surface area contributed by atoms with Crippen LogP contribution in [-0.4, -0.2) is 56.2 Å². The number of carbonyl (C=O) groups excluding carboxylic acids is 2. The standard InChI is InChI=1S/C36H38ClF2N7O4/c1-35(2,3)20-36(25-10-7-22(8-11-25)24-17-42-45(18-24)33(38)39)32(48)46(34(40)44-36)28(19-50-30(47)15-21-5-6-21)23-9-12-27(37)26(16-23)31-41-14-13-29(43-31)49-4/h7-14,16-18,21,28,33H,5-6,15,19-20H2,1-4H3,(H2,40,44)/t28-,36-/m1/s1. The summed E-state index contributed by atoms with van der Waals surface area (Å²) in [5, 5.41) is 4.10. The summed E-state index contributed by atoms with van der Waals surface area (Å²) >= 11 is 6.63. The van der Waals surface area contributed by atoms with E-state index in [1.165, 1.54) is 24.4 Å². The number of ether oxygens (including phenoxy) is 2. The van der Waals surface area contributed by atoms with Gasteiger partial charge in [0.05, 0.1) is 24.4 Å². The summed E-state index contributed by atoms with van der Waals surface area (Å²) in [7, 11) is 1.50. The van der Waals surface area contributed by atoms with E-state index in [0.717, 1.165) is 12.8 Å². The molecule has 1 aliphatic carbocycles. The number of halogens is 3. The number of guanidine groups is 1. The van der Waals surface area contributed by atoms with Crippen molar-refractivity contribution < 1.29 is 27.8 Å². The van der Waals surface area contributed by atoms with E-state index >= 15 is 0 Å². The molecule has 0 radical (unpaired) electrons. The third-order valence-electron chi connectivity index (χ3n) is 8.73. The molecule has 11 nitrogen and oxygen atoms in total. The first-order valence-electron chi connectivity index (χ1n) is 16.2. The predicted octanol–water partition coefficient (Wildman–Crippen LogP) is 6.94. The predicted molar refractivity (Wildman–Crippen MR) is 183 cm³/mol. The molecule has 2 aromatic heterocycles. The minimum absolute atomic E-state index is 0.0427. The van der Waals surface area contributed by atoms with Crippen LogP contribution < -0.4 is 10.5 Å². The van der Waals surface area contributed by atoms with Crippen LogP contribution in [0.3, 0.4) is 0 Å². The zero-order valence-electron chi connectivity index (χ0n) is 28.1. The third-order valence-corrected chi connectivity index (χ3v) is 9.06. The summed E-state index contributed by atoms with van der Waals surface area (Å²) < 4.78 is 38.0. The number of hydrogen-bond acceptors (Lipinski definition) is 9. The Morgan fingerprint density at radius 3 is 2.50 bits per heavy atom. The zero-order valence-corrected chi connectivity index (χ0v) is 28.9. The van der Waals surface area contributed by atoms with Crippen molar-refractivity contribution in [3.05, 3.63) is 83.3 Å². The average molecular weight is 706 g/mol. The smallest absolute Gasteiger partial charge is 0.333 e. The van der Waals surface area contributed by atoms with Gasteiger partial charge in [-0.15, -0.1) is 0 Å². The molecule has 2 aliphatic rings. The number of amides is 1. The second-order valence-electron chi connectivity index (χ2n) is 13.8. The Morgan fingerprint density at radius 1 is 1.12 bits per heavy atom. The molecule has 1 aliphatic heterocycles. The molecule has 2 aromatic carbocycles. The lowest BCUT2D eigenvalue weighted by molar-refractivity contribution is -0.148. The number of hydrogen-bond donors (Lipinski definition) is 1. The Kier molecular flexibility index (Phi) is 9.62. The van der Waals surface area contributed by atoms with Crippen molar-refractivity contribution in [3.63, 3.8) is 0 Å². The summed E-state index contributed by atoms with van der Waals surface area (Å²) in [5.41, 5.74) is 7.59. The molecule has 1 amide bonds. The highest BCUT2D eigenvalue weighted by molar-refractivity contribution is 6.33. The quantitative estimate of drug-likeness (QED) is 0.157. The number of aromatic nitrogens is 4. The molecular weight excluding hydrogens is 668 g/mol. The number of esters is 1. The Hall–Kier alpha value is -4.91. The summed E-state index contributed by atoms with van der Waals surface area (Å²) in [6.07, 6.45) is 6.71. The van der Waals surface area contributed by atoms with Crippen LogP contribution in [0, 0.1) is 11.3 Å². The Bertz CT molecular complexity index is 1920. The number of alkyl halides is 2. The van der Waals surface area contributed by atoms with Gasteiger partial charge in [0, 0.05) is 36.0 Å². The van der Waals surface area contributed by atoms with E-state index in [1.807, 2.05) is 20.8 Å². The molecule has 50 heavy (non-hydrogen) atoms. The molecule has 3 heterocycles. The molecule has 1 saturated carbocycles. The van der Waals surface area contributed by atoms with E-state index in [1.54, 1.807) is 54.7 Å². The topological polar surface area (TPSA) is 138 Å². The maximum Gasteiger partial charge on any atom is 0.333 e. The SMILES string of the molecule is COc1ccnc(-c2cc([C@@H](COC(=O)CC3CC3)N3C(=O)[C@@](CC(C)(C)C)(c4ccc(-c5cnn(C(F)F)c5)cc4)N=C3N)ccc2Cl)n1. The lowest BCUT2D eigenvalue weighted by Crippen LogP contribution is -2.47. The fraction of sp³-hybridized carbons (Fsp3) is 0.389. The minimum atomic E-state index is -2.77. The van der Waals surface area contributed by atoms with Crippen LogP contribution in [0.5, 0.6) is 5.88 Å². The second-order valence-corrected chi connectivity index (χ2v) is 14.2. The van der Waals surface area contributed by atoms with Gasteiger partial charge in [-0.2, -0.15) is 18.9 Å². The number of rotatable bonds is 12. The summed E-state index contributed by atoms with van der Waals surface area (Å²) in [6, 6.07) is 12.9. The Labute approximate surface area is 293 Å². The normalized spacial score (nSPS) is 18.4. The van der Waals surface area contributed by atoms with Gasteiger partial charge in [-0.25, -0.2) is 14.7 Å². The molecule has 1 fully saturated rings. The lowest BCUT2D eigenvalue weighted by Gasteiger charge is -2.35. The largest absolute Gasteiger partial charge is 0.481 e. The number of methoxy groups -OCH3 is 1. The van der Waals surface area contributed by atoms with Crippen molar-refractivity contribution in [2.24, 2.45) is 22.1 Å². The number of benzene rings is 2. The second kappa shape index (κ2) is 13.8. The van der Waals surface area contributed by atoms with Crippen LogP contribution >= 0.6 is 11.6 Å². The molecule has 2 N–H and O–H groups in total. The van der Waals surface area contributed by atoms with Gasteiger partial charge in [-0.1, -0.05) is 62.7 Å². The van der Waals surface area contributed by atoms with Crippen LogP contribution in [-0.2, 0) is 19.9 Å². The van der Waals surface area contributed by atoms with Gasteiger partial charge in [-0.05, 0) is 59.4 Å². The van der Waals surface area contributed by atoms with Crippen molar-refractivity contribution in [1.29, 1.82) is 0 Å². The summed E-state index contributed by atoms with van der Waals surface area (Å²) in [5.74, 6) is 0.141. The first-order chi connectivity index (χ1) is 23.8. The monoisotopic (exact) mass is 705 g/mol. The van der Waals surface area contributed by atoms with E-state index in [0.29, 0.717) is 61.6 Å². The van der Waals surface area contributed by atoms with Crippen LogP contribution in [0.1, 0.15) is 70.2 Å². The Balaban J connectivity index is 1.40. The molecule has 0 saturated heterocycles. The van der Waals surface area contributed by atoms with E-state index in [-0.39, 0.29) is 25.0 Å². The Morgan fingerprint density at radius 2 is 1.86 bits per heavy atom. The number of aliphatic imine (C=N–C) groups is 1. The van der Waals surface area contributed by atoms with Gasteiger partial charge in [0.1, 0.15) is 6.61 Å². The molecule has 0 bridgehead atoms. The van der Waals surface area contributed by atoms with Gasteiger partial charge in [0.2, 0.25) is 5.88 Å². The van der Waals surface area contributed by atoms with Gasteiger partial charge < -0.3 is 15.2 Å². The number of carbonyl (C=O) groups is 2. The molecule has 262 valence electrons. The highest BCUT2D eigenvalue weighted by atomic mass is 35.5. The highest BCUT2D eigenvalue weighted by Gasteiger charge is 2.53.